The molecule has 1 aromatic heterocycles. The van der Waals surface area contributed by atoms with Crippen LogP contribution in [0.1, 0.15) is 81.9 Å². The molecule has 0 aliphatic rings. The Labute approximate surface area is 204 Å². The molecular weight excluding hydrogens is 462 g/mol. The van der Waals surface area contributed by atoms with E-state index in [4.69, 9.17) is 10.3 Å². The summed E-state index contributed by atoms with van der Waals surface area (Å²) in [6.07, 6.45) is 0.395. The van der Waals surface area contributed by atoms with Crippen LogP contribution >= 0.6 is 11.3 Å². The van der Waals surface area contributed by atoms with E-state index < -0.39 is 36.0 Å². The second kappa shape index (κ2) is 14.5. The molecule has 1 heterocycles. The van der Waals surface area contributed by atoms with E-state index in [9.17, 15) is 19.5 Å². The van der Waals surface area contributed by atoms with Crippen molar-refractivity contribution in [3.63, 3.8) is 0 Å². The summed E-state index contributed by atoms with van der Waals surface area (Å²) >= 11 is 1.11. The Bertz CT molecular complexity index is 870. The molecular formula is C22H35N5O6S. The molecule has 0 spiro atoms. The Hall–Kier alpha value is -2.69. The third-order valence-corrected chi connectivity index (χ3v) is 6.50. The van der Waals surface area contributed by atoms with Gasteiger partial charge in [-0.25, -0.2) is 9.78 Å². The number of methoxy groups -OCH3 is 1. The molecule has 1 amide bonds. The predicted molar refractivity (Wildman–Crippen MR) is 127 cm³/mol. The lowest BCUT2D eigenvalue weighted by atomic mass is 9.93. The molecule has 0 aliphatic heterocycles. The smallest absolute Gasteiger partial charge is 0.357 e. The SMILES string of the molecule is CCCC(=O)OCN(C(=O)C(N=[N+]=[N-])C(C)CC)[C@H](C[C@@H](O)c1nc(C(=O)OC)cs1)C(C)C. The lowest BCUT2D eigenvalue weighted by Crippen LogP contribution is -2.50. The van der Waals surface area contributed by atoms with Crippen molar-refractivity contribution in [1.82, 2.24) is 9.88 Å². The fraction of sp³-hybridized carbons (Fsp3) is 0.727. The van der Waals surface area contributed by atoms with E-state index >= 15 is 0 Å². The van der Waals surface area contributed by atoms with E-state index in [1.165, 1.54) is 17.4 Å². The molecule has 12 heteroatoms. The highest BCUT2D eigenvalue weighted by Gasteiger charge is 2.35. The quantitative estimate of drug-likeness (QED) is 0.132. The van der Waals surface area contributed by atoms with Crippen molar-refractivity contribution >= 4 is 29.2 Å². The zero-order valence-corrected chi connectivity index (χ0v) is 21.4. The van der Waals surface area contributed by atoms with Crippen molar-refractivity contribution in [2.45, 2.75) is 78.5 Å². The number of nitrogens with zero attached hydrogens (tertiary/aromatic N) is 5. The summed E-state index contributed by atoms with van der Waals surface area (Å²) in [5.74, 6) is -1.92. The van der Waals surface area contributed by atoms with Gasteiger partial charge in [0.25, 0.3) is 0 Å². The topological polar surface area (TPSA) is 155 Å². The molecule has 0 bridgehead atoms. The van der Waals surface area contributed by atoms with Crippen molar-refractivity contribution in [2.24, 2.45) is 17.0 Å². The highest BCUT2D eigenvalue weighted by atomic mass is 32.1. The molecule has 4 atom stereocenters. The van der Waals surface area contributed by atoms with Crippen LogP contribution in [0.5, 0.6) is 0 Å². The fourth-order valence-corrected chi connectivity index (χ4v) is 4.11. The average molecular weight is 498 g/mol. The number of azide groups is 1. The largest absolute Gasteiger partial charge is 0.464 e. The Morgan fingerprint density at radius 1 is 1.29 bits per heavy atom. The maximum absolute atomic E-state index is 13.5. The summed E-state index contributed by atoms with van der Waals surface area (Å²) in [5.41, 5.74) is 9.11. The van der Waals surface area contributed by atoms with Crippen LogP contribution in [0.3, 0.4) is 0 Å². The molecule has 1 rings (SSSR count). The van der Waals surface area contributed by atoms with Crippen molar-refractivity contribution in [1.29, 1.82) is 0 Å². The third-order valence-electron chi connectivity index (χ3n) is 5.55. The molecule has 0 saturated carbocycles. The van der Waals surface area contributed by atoms with E-state index in [1.807, 2.05) is 34.6 Å². The van der Waals surface area contributed by atoms with Gasteiger partial charge in [0.15, 0.2) is 12.4 Å². The summed E-state index contributed by atoms with van der Waals surface area (Å²) in [6, 6.07) is -1.55. The molecule has 1 aromatic rings. The minimum atomic E-state index is -1.08. The van der Waals surface area contributed by atoms with Crippen molar-refractivity contribution in [3.8, 4) is 0 Å². The van der Waals surface area contributed by atoms with E-state index in [2.05, 4.69) is 19.7 Å². The lowest BCUT2D eigenvalue weighted by molar-refractivity contribution is -0.158. The number of aliphatic hydroxyl groups excluding tert-OH is 1. The number of rotatable bonds is 14. The average Bonchev–Trinajstić information content (AvgIpc) is 3.31. The summed E-state index contributed by atoms with van der Waals surface area (Å²) in [7, 11) is 1.24. The molecule has 34 heavy (non-hydrogen) atoms. The van der Waals surface area contributed by atoms with Crippen LogP contribution in [-0.2, 0) is 19.1 Å². The van der Waals surface area contributed by atoms with E-state index in [0.717, 1.165) is 11.3 Å². The van der Waals surface area contributed by atoms with Gasteiger partial charge in [0, 0.05) is 29.2 Å². The van der Waals surface area contributed by atoms with Gasteiger partial charge in [0.2, 0.25) is 5.91 Å². The van der Waals surface area contributed by atoms with Crippen molar-refractivity contribution in [3.05, 3.63) is 26.5 Å². The van der Waals surface area contributed by atoms with Crippen molar-refractivity contribution < 1.29 is 29.0 Å². The number of amides is 1. The maximum atomic E-state index is 13.5. The van der Waals surface area contributed by atoms with Crippen LogP contribution in [0.4, 0.5) is 0 Å². The Morgan fingerprint density at radius 3 is 2.50 bits per heavy atom. The molecule has 0 saturated heterocycles. The van der Waals surface area contributed by atoms with Crippen molar-refractivity contribution in [2.75, 3.05) is 13.8 Å². The summed E-state index contributed by atoms with van der Waals surface area (Å²) in [5, 5.41) is 16.4. The number of thiazole rings is 1. The van der Waals surface area contributed by atoms with Crippen LogP contribution in [0, 0.1) is 11.8 Å². The van der Waals surface area contributed by atoms with Gasteiger partial charge in [0.1, 0.15) is 17.2 Å². The number of carbonyl (C=O) groups excluding carboxylic acids is 3. The molecule has 0 aliphatic carbocycles. The number of esters is 2. The Balaban J connectivity index is 3.26. The second-order valence-electron chi connectivity index (χ2n) is 8.36. The minimum Gasteiger partial charge on any atom is -0.464 e. The summed E-state index contributed by atoms with van der Waals surface area (Å²) < 4.78 is 10.0. The zero-order chi connectivity index (χ0) is 25.8. The fourth-order valence-electron chi connectivity index (χ4n) is 3.32. The van der Waals surface area contributed by atoms with Crippen LogP contribution in [0.15, 0.2) is 10.5 Å². The summed E-state index contributed by atoms with van der Waals surface area (Å²) in [6.45, 7) is 8.95. The third kappa shape index (κ3) is 8.27. The molecule has 190 valence electrons. The standard InChI is InChI=1S/C22H35N5O6S/c1-7-9-18(29)33-12-27(21(30)19(25-26-23)14(5)8-2)16(13(3)4)10-17(28)20-24-15(11-34-20)22(31)32-6/h11,13-14,16-17,19,28H,7-10,12H2,1-6H3/t14?,16-,17-,19?/m1/s1. The van der Waals surface area contributed by atoms with E-state index in [1.54, 1.807) is 0 Å². The minimum absolute atomic E-state index is 0.0757. The number of aromatic nitrogens is 1. The zero-order valence-electron chi connectivity index (χ0n) is 20.6. The number of ether oxygens (including phenoxy) is 2. The summed E-state index contributed by atoms with van der Waals surface area (Å²) in [4.78, 5) is 45.6. The van der Waals surface area contributed by atoms with Crippen LogP contribution in [0.2, 0.25) is 0 Å². The first-order valence-corrected chi connectivity index (χ1v) is 12.2. The molecule has 0 radical (unpaired) electrons. The first-order valence-electron chi connectivity index (χ1n) is 11.3. The van der Waals surface area contributed by atoms with Gasteiger partial charge >= 0.3 is 11.9 Å². The molecule has 2 unspecified atom stereocenters. The first kappa shape index (κ1) is 29.3. The Kier molecular flexibility index (Phi) is 12.6. The molecule has 0 fully saturated rings. The maximum Gasteiger partial charge on any atom is 0.357 e. The second-order valence-corrected chi connectivity index (χ2v) is 9.25. The van der Waals surface area contributed by atoms with Crippen LogP contribution in [0.25, 0.3) is 10.4 Å². The Morgan fingerprint density at radius 2 is 1.97 bits per heavy atom. The van der Waals surface area contributed by atoms with Crippen LogP contribution in [-0.4, -0.2) is 58.8 Å². The van der Waals surface area contributed by atoms with Gasteiger partial charge in [-0.1, -0.05) is 46.2 Å². The van der Waals surface area contributed by atoms with Gasteiger partial charge in [-0.3, -0.25) is 9.59 Å². The van der Waals surface area contributed by atoms with Gasteiger partial charge in [-0.15, -0.1) is 11.3 Å². The number of hydrogen-bond acceptors (Lipinski definition) is 9. The predicted octanol–water partition coefficient (Wildman–Crippen LogP) is 4.23. The highest BCUT2D eigenvalue weighted by molar-refractivity contribution is 7.09. The van der Waals surface area contributed by atoms with Crippen LogP contribution < -0.4 is 0 Å². The monoisotopic (exact) mass is 497 g/mol. The molecule has 1 N–H and O–H groups in total. The lowest BCUT2D eigenvalue weighted by Gasteiger charge is -2.37. The number of carbonyl (C=O) groups is 3. The number of hydrogen-bond donors (Lipinski definition) is 1. The van der Waals surface area contributed by atoms with Gasteiger partial charge in [-0.05, 0) is 23.8 Å². The molecule has 11 nitrogen and oxygen atoms in total. The molecule has 0 aromatic carbocycles. The van der Waals surface area contributed by atoms with Gasteiger partial charge in [0.05, 0.1) is 7.11 Å². The normalized spacial score (nSPS) is 14.5. The van der Waals surface area contributed by atoms with E-state index in [0.29, 0.717) is 17.8 Å². The number of aliphatic hydroxyl groups is 1. The van der Waals surface area contributed by atoms with E-state index in [-0.39, 0.29) is 37.1 Å². The highest BCUT2D eigenvalue weighted by Crippen LogP contribution is 2.29. The van der Waals surface area contributed by atoms with Gasteiger partial charge < -0.3 is 19.5 Å². The van der Waals surface area contributed by atoms with Gasteiger partial charge in [-0.2, -0.15) is 0 Å². The first-order chi connectivity index (χ1) is 16.1.